The first-order valence-corrected chi connectivity index (χ1v) is 8.93. The zero-order valence-electron chi connectivity index (χ0n) is 12.1. The molecule has 0 radical (unpaired) electrons. The summed E-state index contributed by atoms with van der Waals surface area (Å²) in [5, 5.41) is 3.17. The first kappa shape index (κ1) is 17.5. The molecule has 0 amide bonds. The second kappa shape index (κ2) is 7.17. The summed E-state index contributed by atoms with van der Waals surface area (Å²) in [6, 6.07) is 0.914. The average Bonchev–Trinajstić information content (AvgIpc) is 2.47. The highest BCUT2D eigenvalue weighted by Crippen LogP contribution is 2.33. The number of anilines is 1. The summed E-state index contributed by atoms with van der Waals surface area (Å²) >= 11 is 5.90. The lowest BCUT2D eigenvalue weighted by Gasteiger charge is -2.29. The van der Waals surface area contributed by atoms with E-state index in [0.29, 0.717) is 5.75 Å². The molecule has 1 aliphatic rings. The Kier molecular flexibility index (Phi) is 5.71. The molecule has 1 saturated carbocycles. The molecule has 1 aliphatic carbocycles. The van der Waals surface area contributed by atoms with Crippen LogP contribution in [0.3, 0.4) is 0 Å². The van der Waals surface area contributed by atoms with Gasteiger partial charge in [-0.1, -0.05) is 24.9 Å². The highest BCUT2D eigenvalue weighted by molar-refractivity contribution is 7.85. The third-order valence-corrected chi connectivity index (χ3v) is 5.82. The van der Waals surface area contributed by atoms with Crippen LogP contribution in [0, 0.1) is 0 Å². The molecular formula is C14H18ClF3N2OS. The molecule has 1 heterocycles. The fourth-order valence-corrected chi connectivity index (χ4v) is 4.21. The number of nitrogens with one attached hydrogen (secondary N) is 1. The molecule has 1 fully saturated rings. The molecule has 3 atom stereocenters. The van der Waals surface area contributed by atoms with Crippen LogP contribution in [0.4, 0.5) is 19.0 Å². The molecule has 0 aromatic carbocycles. The van der Waals surface area contributed by atoms with Crippen molar-refractivity contribution < 1.29 is 17.4 Å². The zero-order valence-corrected chi connectivity index (χ0v) is 13.7. The topological polar surface area (TPSA) is 42.0 Å². The molecule has 124 valence electrons. The predicted octanol–water partition coefficient (Wildman–Crippen LogP) is 4.25. The summed E-state index contributed by atoms with van der Waals surface area (Å²) < 4.78 is 49.7. The molecule has 0 spiro atoms. The Balaban J connectivity index is 2.06. The molecular weight excluding hydrogens is 337 g/mol. The van der Waals surface area contributed by atoms with Gasteiger partial charge in [0.25, 0.3) is 0 Å². The fourth-order valence-electron chi connectivity index (χ4n) is 2.64. The van der Waals surface area contributed by atoms with Crippen molar-refractivity contribution >= 4 is 28.2 Å². The molecule has 3 unspecified atom stereocenters. The van der Waals surface area contributed by atoms with Crippen molar-refractivity contribution in [1.82, 2.24) is 4.98 Å². The summed E-state index contributed by atoms with van der Waals surface area (Å²) in [4.78, 5) is 3.79. The van der Waals surface area contributed by atoms with E-state index in [4.69, 9.17) is 11.6 Å². The van der Waals surface area contributed by atoms with Crippen molar-refractivity contribution in [3.63, 3.8) is 0 Å². The van der Waals surface area contributed by atoms with Gasteiger partial charge in [0.15, 0.2) is 0 Å². The van der Waals surface area contributed by atoms with Gasteiger partial charge < -0.3 is 5.32 Å². The Morgan fingerprint density at radius 2 is 2.18 bits per heavy atom. The molecule has 22 heavy (non-hydrogen) atoms. The Hall–Kier alpha value is -0.820. The average molecular weight is 355 g/mol. The largest absolute Gasteiger partial charge is 0.417 e. The maximum atomic E-state index is 12.6. The molecule has 0 saturated heterocycles. The standard InChI is InChI=1S/C14H18ClF3N2OS/c1-2-22(21)11-5-3-4-10(7-11)20-13-12(15)6-9(8-19-13)14(16,17)18/h6,8,10-11H,2-5,7H2,1H3,(H,19,20). The third-order valence-electron chi connectivity index (χ3n) is 3.79. The Morgan fingerprint density at radius 3 is 2.77 bits per heavy atom. The van der Waals surface area contributed by atoms with Crippen LogP contribution >= 0.6 is 11.6 Å². The van der Waals surface area contributed by atoms with E-state index in [9.17, 15) is 17.4 Å². The van der Waals surface area contributed by atoms with Gasteiger partial charge in [0, 0.05) is 34.0 Å². The lowest BCUT2D eigenvalue weighted by atomic mass is 9.95. The molecule has 2 rings (SSSR count). The van der Waals surface area contributed by atoms with E-state index in [2.05, 4.69) is 10.3 Å². The zero-order chi connectivity index (χ0) is 16.3. The van der Waals surface area contributed by atoms with Gasteiger partial charge in [0.05, 0.1) is 10.6 Å². The Labute approximate surface area is 135 Å². The second-order valence-electron chi connectivity index (χ2n) is 5.35. The van der Waals surface area contributed by atoms with E-state index in [1.54, 1.807) is 0 Å². The van der Waals surface area contributed by atoms with Crippen LogP contribution in [0.1, 0.15) is 38.2 Å². The molecule has 8 heteroatoms. The van der Waals surface area contributed by atoms with Crippen molar-refractivity contribution in [2.45, 2.75) is 50.1 Å². The normalized spacial score (nSPS) is 24.0. The molecule has 1 N–H and O–H groups in total. The quantitative estimate of drug-likeness (QED) is 0.879. The maximum absolute atomic E-state index is 12.6. The number of rotatable bonds is 4. The first-order valence-electron chi connectivity index (χ1n) is 7.17. The summed E-state index contributed by atoms with van der Waals surface area (Å²) in [6.45, 7) is 1.89. The smallest absolute Gasteiger partial charge is 0.366 e. The van der Waals surface area contributed by atoms with E-state index in [-0.39, 0.29) is 22.1 Å². The predicted molar refractivity (Wildman–Crippen MR) is 82.6 cm³/mol. The summed E-state index contributed by atoms with van der Waals surface area (Å²) in [6.07, 6.45) is -0.225. The second-order valence-corrected chi connectivity index (χ2v) is 7.76. The highest BCUT2D eigenvalue weighted by Gasteiger charge is 2.32. The van der Waals surface area contributed by atoms with Gasteiger partial charge in [-0.3, -0.25) is 4.21 Å². The van der Waals surface area contributed by atoms with Crippen LogP contribution in [0.5, 0.6) is 0 Å². The summed E-state index contributed by atoms with van der Waals surface area (Å²) in [5.41, 5.74) is -0.864. The number of aromatic nitrogens is 1. The van der Waals surface area contributed by atoms with E-state index < -0.39 is 22.5 Å². The minimum Gasteiger partial charge on any atom is -0.366 e. The Bertz CT molecular complexity index is 553. The number of hydrogen-bond donors (Lipinski definition) is 1. The molecule has 3 nitrogen and oxygen atoms in total. The van der Waals surface area contributed by atoms with Gasteiger partial charge >= 0.3 is 6.18 Å². The number of halogens is 4. The number of pyridine rings is 1. The summed E-state index contributed by atoms with van der Waals surface area (Å²) in [5.74, 6) is 0.874. The van der Waals surface area contributed by atoms with Crippen molar-refractivity contribution in [2.75, 3.05) is 11.1 Å². The van der Waals surface area contributed by atoms with E-state index in [0.717, 1.165) is 37.9 Å². The minimum atomic E-state index is -4.46. The first-order chi connectivity index (χ1) is 10.3. The lowest BCUT2D eigenvalue weighted by molar-refractivity contribution is -0.137. The molecule has 1 aromatic heterocycles. The number of alkyl halides is 3. The van der Waals surface area contributed by atoms with Gasteiger partial charge in [-0.2, -0.15) is 13.2 Å². The summed E-state index contributed by atoms with van der Waals surface area (Å²) in [7, 11) is -0.855. The van der Waals surface area contributed by atoms with Crippen LogP contribution in [0.15, 0.2) is 12.3 Å². The molecule has 0 bridgehead atoms. The van der Waals surface area contributed by atoms with Gasteiger partial charge in [0.2, 0.25) is 0 Å². The van der Waals surface area contributed by atoms with Crippen LogP contribution in [-0.2, 0) is 17.0 Å². The molecule has 1 aromatic rings. The monoisotopic (exact) mass is 354 g/mol. The van der Waals surface area contributed by atoms with Gasteiger partial charge in [-0.25, -0.2) is 4.98 Å². The Morgan fingerprint density at radius 1 is 1.45 bits per heavy atom. The number of nitrogens with zero attached hydrogens (tertiary/aromatic N) is 1. The van der Waals surface area contributed by atoms with Crippen molar-refractivity contribution in [2.24, 2.45) is 0 Å². The van der Waals surface area contributed by atoms with E-state index in [1.165, 1.54) is 0 Å². The maximum Gasteiger partial charge on any atom is 0.417 e. The SMILES string of the molecule is CCS(=O)C1CCCC(Nc2ncc(C(F)(F)F)cc2Cl)C1. The number of hydrogen-bond acceptors (Lipinski definition) is 3. The van der Waals surface area contributed by atoms with Gasteiger partial charge in [0.1, 0.15) is 5.82 Å². The van der Waals surface area contributed by atoms with Gasteiger partial charge in [-0.15, -0.1) is 0 Å². The molecule has 0 aliphatic heterocycles. The van der Waals surface area contributed by atoms with E-state index >= 15 is 0 Å². The fraction of sp³-hybridized carbons (Fsp3) is 0.643. The highest BCUT2D eigenvalue weighted by atomic mass is 35.5. The van der Waals surface area contributed by atoms with Crippen LogP contribution in [-0.4, -0.2) is 26.2 Å². The lowest BCUT2D eigenvalue weighted by Crippen LogP contribution is -2.33. The van der Waals surface area contributed by atoms with Crippen molar-refractivity contribution in [3.05, 3.63) is 22.8 Å². The minimum absolute atomic E-state index is 0.0380. The van der Waals surface area contributed by atoms with Crippen LogP contribution < -0.4 is 5.32 Å². The van der Waals surface area contributed by atoms with Crippen LogP contribution in [0.25, 0.3) is 0 Å². The van der Waals surface area contributed by atoms with Crippen molar-refractivity contribution in [3.8, 4) is 0 Å². The van der Waals surface area contributed by atoms with Crippen LogP contribution in [0.2, 0.25) is 5.02 Å². The third kappa shape index (κ3) is 4.35. The van der Waals surface area contributed by atoms with Gasteiger partial charge in [-0.05, 0) is 25.3 Å². The van der Waals surface area contributed by atoms with E-state index in [1.807, 2.05) is 6.92 Å². The van der Waals surface area contributed by atoms with Crippen molar-refractivity contribution in [1.29, 1.82) is 0 Å².